The highest BCUT2D eigenvalue weighted by atomic mass is 16.6. The van der Waals surface area contributed by atoms with Crippen LogP contribution in [0.3, 0.4) is 0 Å². The summed E-state index contributed by atoms with van der Waals surface area (Å²) in [5.74, 6) is 0.820. The van der Waals surface area contributed by atoms with Gasteiger partial charge in [0.15, 0.2) is 5.96 Å². The number of hydrogen-bond donors (Lipinski definition) is 2. The molecule has 152 valence electrons. The molecule has 2 unspecified atom stereocenters. The highest BCUT2D eigenvalue weighted by Crippen LogP contribution is 2.15. The van der Waals surface area contributed by atoms with E-state index in [0.717, 1.165) is 32.0 Å². The Morgan fingerprint density at radius 1 is 1.38 bits per heavy atom. The molecule has 0 aromatic carbocycles. The first-order valence-electron chi connectivity index (χ1n) is 9.82. The van der Waals surface area contributed by atoms with Crippen LogP contribution in [0.1, 0.15) is 53.9 Å². The Labute approximate surface area is 159 Å². The summed E-state index contributed by atoms with van der Waals surface area (Å²) in [7, 11) is 3.57. The average molecular weight is 370 g/mol. The molecule has 0 aliphatic carbocycles. The minimum absolute atomic E-state index is 0.0841. The standard InChI is InChI=1S/C19H39N5O2/c1-8-24-13-9-10-16(24)14-22-17(20-6)21-12-11-15(2)23(7)18(25)26-19(3,4)5/h15-16H,8-14H2,1-7H3,(H2,20,21,22). The van der Waals surface area contributed by atoms with E-state index in [9.17, 15) is 4.79 Å². The third-order valence-corrected chi connectivity index (χ3v) is 4.83. The predicted molar refractivity (Wildman–Crippen MR) is 108 cm³/mol. The molecule has 0 saturated carbocycles. The van der Waals surface area contributed by atoms with Gasteiger partial charge in [-0.15, -0.1) is 0 Å². The van der Waals surface area contributed by atoms with Crippen molar-refractivity contribution in [1.29, 1.82) is 0 Å². The van der Waals surface area contributed by atoms with Gasteiger partial charge in [-0.25, -0.2) is 4.79 Å². The van der Waals surface area contributed by atoms with E-state index in [0.29, 0.717) is 6.04 Å². The van der Waals surface area contributed by atoms with E-state index < -0.39 is 5.60 Å². The Kier molecular flexibility index (Phi) is 9.19. The quantitative estimate of drug-likeness (QED) is 0.532. The van der Waals surface area contributed by atoms with E-state index in [1.807, 2.05) is 27.7 Å². The molecule has 1 saturated heterocycles. The van der Waals surface area contributed by atoms with Crippen molar-refractivity contribution in [3.63, 3.8) is 0 Å². The van der Waals surface area contributed by atoms with Crippen molar-refractivity contribution in [2.45, 2.75) is 71.6 Å². The number of nitrogens with zero attached hydrogens (tertiary/aromatic N) is 3. The van der Waals surface area contributed by atoms with E-state index in [-0.39, 0.29) is 12.1 Å². The Bertz CT molecular complexity index is 461. The number of ether oxygens (including phenoxy) is 1. The first-order chi connectivity index (χ1) is 12.2. The van der Waals surface area contributed by atoms with E-state index >= 15 is 0 Å². The fraction of sp³-hybridized carbons (Fsp3) is 0.895. The van der Waals surface area contributed by atoms with Gasteiger partial charge in [0, 0.05) is 39.3 Å². The Morgan fingerprint density at radius 3 is 2.65 bits per heavy atom. The lowest BCUT2D eigenvalue weighted by Gasteiger charge is -2.29. The Morgan fingerprint density at radius 2 is 2.08 bits per heavy atom. The zero-order chi connectivity index (χ0) is 19.7. The molecule has 0 aromatic heterocycles. The smallest absolute Gasteiger partial charge is 0.410 e. The van der Waals surface area contributed by atoms with Gasteiger partial charge in [0.2, 0.25) is 0 Å². The molecule has 26 heavy (non-hydrogen) atoms. The number of likely N-dealkylation sites (N-methyl/N-ethyl adjacent to an activating group) is 1. The summed E-state index contributed by atoms with van der Waals surface area (Å²) in [6.45, 7) is 13.8. The SMILES string of the molecule is CCN1CCCC1CNC(=NC)NCCC(C)N(C)C(=O)OC(C)(C)C. The number of rotatable bonds is 7. The molecule has 0 spiro atoms. The molecule has 1 aliphatic rings. The zero-order valence-electron chi connectivity index (χ0n) is 17.8. The van der Waals surface area contributed by atoms with Crippen LogP contribution in [-0.4, -0.2) is 79.8 Å². The van der Waals surface area contributed by atoms with Crippen LogP contribution in [0.25, 0.3) is 0 Å². The third kappa shape index (κ3) is 7.81. The lowest BCUT2D eigenvalue weighted by Crippen LogP contribution is -2.46. The van der Waals surface area contributed by atoms with Gasteiger partial charge in [0.25, 0.3) is 0 Å². The second kappa shape index (κ2) is 10.6. The van der Waals surface area contributed by atoms with Crippen molar-refractivity contribution in [2.24, 2.45) is 4.99 Å². The first kappa shape index (κ1) is 22.5. The van der Waals surface area contributed by atoms with Crippen LogP contribution in [0.2, 0.25) is 0 Å². The molecule has 1 heterocycles. The van der Waals surface area contributed by atoms with Crippen LogP contribution >= 0.6 is 0 Å². The maximum Gasteiger partial charge on any atom is 0.410 e. The van der Waals surface area contributed by atoms with Gasteiger partial charge >= 0.3 is 6.09 Å². The molecule has 0 radical (unpaired) electrons. The summed E-state index contributed by atoms with van der Waals surface area (Å²) >= 11 is 0. The normalized spacial score (nSPS) is 20.0. The summed E-state index contributed by atoms with van der Waals surface area (Å²) < 4.78 is 5.41. The van der Waals surface area contributed by atoms with E-state index in [1.165, 1.54) is 19.4 Å². The van der Waals surface area contributed by atoms with Gasteiger partial charge in [-0.05, 0) is 60.0 Å². The Balaban J connectivity index is 2.32. The van der Waals surface area contributed by atoms with Crippen LogP contribution in [-0.2, 0) is 4.74 Å². The fourth-order valence-corrected chi connectivity index (χ4v) is 3.08. The monoisotopic (exact) mass is 369 g/mol. The summed E-state index contributed by atoms with van der Waals surface area (Å²) in [5, 5.41) is 6.77. The summed E-state index contributed by atoms with van der Waals surface area (Å²) in [5.41, 5.74) is -0.470. The third-order valence-electron chi connectivity index (χ3n) is 4.83. The van der Waals surface area contributed by atoms with E-state index in [1.54, 1.807) is 19.0 Å². The number of likely N-dealkylation sites (tertiary alicyclic amines) is 1. The number of nitrogens with one attached hydrogen (secondary N) is 2. The molecular formula is C19H39N5O2. The number of guanidine groups is 1. The second-order valence-electron chi connectivity index (χ2n) is 8.03. The molecule has 2 N–H and O–H groups in total. The molecule has 0 aromatic rings. The molecule has 2 atom stereocenters. The number of amides is 1. The average Bonchev–Trinajstić information content (AvgIpc) is 3.02. The predicted octanol–water partition coefficient (Wildman–Crippen LogP) is 2.28. The van der Waals surface area contributed by atoms with Gasteiger partial charge in [-0.1, -0.05) is 6.92 Å². The summed E-state index contributed by atoms with van der Waals surface area (Å²) in [6, 6.07) is 0.677. The van der Waals surface area contributed by atoms with Crippen molar-refractivity contribution >= 4 is 12.1 Å². The van der Waals surface area contributed by atoms with Crippen molar-refractivity contribution < 1.29 is 9.53 Å². The van der Waals surface area contributed by atoms with Gasteiger partial charge in [-0.2, -0.15) is 0 Å². The van der Waals surface area contributed by atoms with E-state index in [4.69, 9.17) is 4.74 Å². The first-order valence-corrected chi connectivity index (χ1v) is 9.82. The topological polar surface area (TPSA) is 69.2 Å². The molecule has 7 nitrogen and oxygen atoms in total. The molecule has 7 heteroatoms. The maximum atomic E-state index is 12.1. The molecular weight excluding hydrogens is 330 g/mol. The molecule has 1 amide bonds. The van der Waals surface area contributed by atoms with Crippen molar-refractivity contribution in [3.8, 4) is 0 Å². The van der Waals surface area contributed by atoms with Crippen LogP contribution in [0.5, 0.6) is 0 Å². The van der Waals surface area contributed by atoms with Crippen molar-refractivity contribution in [2.75, 3.05) is 40.3 Å². The molecule has 0 bridgehead atoms. The van der Waals surface area contributed by atoms with Crippen molar-refractivity contribution in [1.82, 2.24) is 20.4 Å². The van der Waals surface area contributed by atoms with Gasteiger partial charge in [0.05, 0.1) is 0 Å². The van der Waals surface area contributed by atoms with Crippen molar-refractivity contribution in [3.05, 3.63) is 0 Å². The molecule has 1 fully saturated rings. The molecule has 1 rings (SSSR count). The lowest BCUT2D eigenvalue weighted by molar-refractivity contribution is 0.0230. The highest BCUT2D eigenvalue weighted by molar-refractivity contribution is 5.79. The van der Waals surface area contributed by atoms with Gasteiger partial charge in [0.1, 0.15) is 5.60 Å². The highest BCUT2D eigenvalue weighted by Gasteiger charge is 2.24. The Hall–Kier alpha value is -1.50. The molecule has 1 aliphatic heterocycles. The lowest BCUT2D eigenvalue weighted by atomic mass is 10.2. The van der Waals surface area contributed by atoms with E-state index in [2.05, 4.69) is 27.4 Å². The van der Waals surface area contributed by atoms with Gasteiger partial charge in [-0.3, -0.25) is 9.89 Å². The minimum atomic E-state index is -0.470. The van der Waals surface area contributed by atoms with Crippen LogP contribution in [0, 0.1) is 0 Å². The number of hydrogen-bond acceptors (Lipinski definition) is 4. The minimum Gasteiger partial charge on any atom is -0.444 e. The van der Waals surface area contributed by atoms with Crippen LogP contribution in [0.4, 0.5) is 4.79 Å². The van der Waals surface area contributed by atoms with Crippen LogP contribution < -0.4 is 10.6 Å². The second-order valence-corrected chi connectivity index (χ2v) is 8.03. The van der Waals surface area contributed by atoms with Crippen LogP contribution in [0.15, 0.2) is 4.99 Å². The summed E-state index contributed by atoms with van der Waals surface area (Å²) in [4.78, 5) is 20.6. The number of aliphatic imine (C=N–C) groups is 1. The fourth-order valence-electron chi connectivity index (χ4n) is 3.08. The zero-order valence-corrected chi connectivity index (χ0v) is 17.8. The number of carbonyl (C=O) groups excluding carboxylic acids is 1. The number of carbonyl (C=O) groups is 1. The summed E-state index contributed by atoms with van der Waals surface area (Å²) in [6.07, 6.45) is 3.06. The largest absolute Gasteiger partial charge is 0.444 e. The maximum absolute atomic E-state index is 12.1. The van der Waals surface area contributed by atoms with Gasteiger partial charge < -0.3 is 20.3 Å².